The van der Waals surface area contributed by atoms with Gasteiger partial charge in [-0.25, -0.2) is 0 Å². The van der Waals surface area contributed by atoms with Crippen molar-refractivity contribution in [3.8, 4) is 11.5 Å². The van der Waals surface area contributed by atoms with Gasteiger partial charge in [0.05, 0.1) is 0 Å². The monoisotopic (exact) mass is 325 g/mol. The molecule has 0 aliphatic carbocycles. The number of phenolic OH excluding ortho intramolecular Hbond substituents is 2. The van der Waals surface area contributed by atoms with Crippen molar-refractivity contribution in [2.45, 2.75) is 18.9 Å². The Balaban J connectivity index is 0.00000264. The van der Waals surface area contributed by atoms with Crippen molar-refractivity contribution >= 4 is 35.5 Å². The number of phenols is 2. The van der Waals surface area contributed by atoms with E-state index >= 15 is 0 Å². The summed E-state index contributed by atoms with van der Waals surface area (Å²) in [6.45, 7) is 0.419. The number of benzene rings is 2. The zero-order chi connectivity index (χ0) is 15.9. The van der Waals surface area contributed by atoms with E-state index in [2.05, 4.69) is 5.32 Å². The molecule has 4 N–H and O–H groups in total. The van der Waals surface area contributed by atoms with Crippen LogP contribution in [0.3, 0.4) is 0 Å². The molecular weight excluding hydrogens is 305 g/mol. The van der Waals surface area contributed by atoms with E-state index in [9.17, 15) is 20.1 Å². The molecule has 2 rings (SSSR count). The Morgan fingerprint density at radius 1 is 1.09 bits per heavy atom. The van der Waals surface area contributed by atoms with Gasteiger partial charge in [0, 0.05) is 12.6 Å². The van der Waals surface area contributed by atoms with Gasteiger partial charge in [-0.3, -0.25) is 4.79 Å². The average molecular weight is 325 g/mol. The molecule has 2 aromatic carbocycles. The van der Waals surface area contributed by atoms with Crippen molar-refractivity contribution in [2.24, 2.45) is 0 Å². The molecule has 0 saturated carbocycles. The van der Waals surface area contributed by atoms with Crippen LogP contribution in [-0.2, 0) is 17.6 Å². The first-order chi connectivity index (χ1) is 10.6. The molecule has 0 aliphatic heterocycles. The van der Waals surface area contributed by atoms with E-state index in [1.807, 2.05) is 30.3 Å². The van der Waals surface area contributed by atoms with Crippen LogP contribution in [0.4, 0.5) is 0 Å². The molecule has 23 heavy (non-hydrogen) atoms. The molecule has 6 heteroatoms. The Morgan fingerprint density at radius 3 is 2.39 bits per heavy atom. The van der Waals surface area contributed by atoms with Crippen LogP contribution >= 0.6 is 0 Å². The van der Waals surface area contributed by atoms with Crippen molar-refractivity contribution in [2.75, 3.05) is 6.54 Å². The van der Waals surface area contributed by atoms with Crippen LogP contribution in [0.5, 0.6) is 11.5 Å². The van der Waals surface area contributed by atoms with Crippen LogP contribution in [0.25, 0.3) is 0 Å². The number of hydrogen-bond donors (Lipinski definition) is 4. The molecule has 0 fully saturated rings. The normalized spacial score (nSPS) is 11.5. The Bertz CT molecular complexity index is 634. The zero-order valence-corrected chi connectivity index (χ0v) is 12.1. The molecule has 5 nitrogen and oxygen atoms in total. The fraction of sp³-hybridized carbons (Fsp3) is 0.235. The van der Waals surface area contributed by atoms with Crippen LogP contribution in [-0.4, -0.2) is 63.4 Å². The molecule has 0 heterocycles. The molecule has 118 valence electrons. The van der Waals surface area contributed by atoms with Gasteiger partial charge >= 0.3 is 35.5 Å². The van der Waals surface area contributed by atoms with Gasteiger partial charge in [-0.2, -0.15) is 0 Å². The predicted molar refractivity (Wildman–Crippen MR) is 90.2 cm³/mol. The molecule has 2 aromatic rings. The van der Waals surface area contributed by atoms with E-state index in [4.69, 9.17) is 0 Å². The summed E-state index contributed by atoms with van der Waals surface area (Å²) in [4.78, 5) is 11.3. The van der Waals surface area contributed by atoms with Crippen molar-refractivity contribution in [3.63, 3.8) is 0 Å². The van der Waals surface area contributed by atoms with Gasteiger partial charge in [-0.05, 0) is 30.0 Å². The van der Waals surface area contributed by atoms with Crippen LogP contribution in [0, 0.1) is 0 Å². The number of hydrogen-bond acceptors (Lipinski definition) is 4. The summed E-state index contributed by atoms with van der Waals surface area (Å²) in [5.74, 6) is -0.891. The number of aliphatic carboxylic acids is 1. The van der Waals surface area contributed by atoms with E-state index in [-0.39, 0.29) is 41.1 Å². The molecule has 0 bridgehead atoms. The average Bonchev–Trinajstić information content (AvgIpc) is 2.49. The molecule has 1 atom stereocenters. The summed E-state index contributed by atoms with van der Waals surface area (Å²) >= 11 is 0. The van der Waals surface area contributed by atoms with Gasteiger partial charge < -0.3 is 20.6 Å². The van der Waals surface area contributed by atoms with Crippen LogP contribution < -0.4 is 5.32 Å². The Kier molecular flexibility index (Phi) is 8.12. The van der Waals surface area contributed by atoms with Gasteiger partial charge in [0.15, 0.2) is 0 Å². The maximum atomic E-state index is 11.3. The zero-order valence-electron chi connectivity index (χ0n) is 12.1. The molecule has 0 unspecified atom stereocenters. The van der Waals surface area contributed by atoms with E-state index < -0.39 is 12.0 Å². The topological polar surface area (TPSA) is 89.8 Å². The molecule has 0 aromatic heterocycles. The van der Waals surface area contributed by atoms with Crippen molar-refractivity contribution in [3.05, 3.63) is 59.7 Å². The minimum atomic E-state index is -0.904. The third-order valence-corrected chi connectivity index (χ3v) is 3.43. The van der Waals surface area contributed by atoms with Gasteiger partial charge in [0.2, 0.25) is 0 Å². The van der Waals surface area contributed by atoms with E-state index in [1.165, 1.54) is 12.1 Å². The molecule has 0 spiro atoms. The molecule has 0 saturated heterocycles. The van der Waals surface area contributed by atoms with E-state index in [0.29, 0.717) is 24.9 Å². The summed E-state index contributed by atoms with van der Waals surface area (Å²) in [5, 5.41) is 31.2. The summed E-state index contributed by atoms with van der Waals surface area (Å²) in [7, 11) is 0. The van der Waals surface area contributed by atoms with E-state index in [0.717, 1.165) is 5.56 Å². The number of carbonyl (C=O) groups is 1. The van der Waals surface area contributed by atoms with Gasteiger partial charge in [0.1, 0.15) is 17.5 Å². The van der Waals surface area contributed by atoms with E-state index in [1.54, 1.807) is 6.07 Å². The van der Waals surface area contributed by atoms with Crippen LogP contribution in [0.2, 0.25) is 0 Å². The number of nitrogens with one attached hydrogen (secondary N) is 1. The summed E-state index contributed by atoms with van der Waals surface area (Å²) in [6, 6.07) is 13.1. The van der Waals surface area contributed by atoms with Gasteiger partial charge in [-0.15, -0.1) is 0 Å². The Hall–Kier alpha value is -1.53. The first-order valence-corrected chi connectivity index (χ1v) is 7.07. The number of aromatic hydroxyl groups is 2. The third kappa shape index (κ3) is 6.23. The predicted octanol–water partition coefficient (Wildman–Crippen LogP) is 1.28. The van der Waals surface area contributed by atoms with Crippen molar-refractivity contribution in [1.29, 1.82) is 0 Å². The summed E-state index contributed by atoms with van der Waals surface area (Å²) in [6.07, 6.45) is 0.877. The first-order valence-electron chi connectivity index (χ1n) is 7.07. The SMILES string of the molecule is O=C(O)[C@H](Cc1ccccc1)NCCc1ccc(O)cc1O.[NaH]. The molecular formula is C17H20NNaO4. The Morgan fingerprint density at radius 2 is 1.78 bits per heavy atom. The number of carboxylic acids is 1. The van der Waals surface area contributed by atoms with Crippen LogP contribution in [0.15, 0.2) is 48.5 Å². The van der Waals surface area contributed by atoms with Crippen molar-refractivity contribution < 1.29 is 20.1 Å². The number of carboxylic acid groups (broad SMARTS) is 1. The molecule has 0 aliphatic rings. The number of rotatable bonds is 7. The standard InChI is InChI=1S/C17H19NO4.Na.H/c19-14-7-6-13(16(20)11-14)8-9-18-15(17(21)22)10-12-4-2-1-3-5-12;;/h1-7,11,15,18-20H,8-10H2,(H,21,22);;/t15-;;/m0../s1. The van der Waals surface area contributed by atoms with Gasteiger partial charge in [0.25, 0.3) is 0 Å². The van der Waals surface area contributed by atoms with Crippen LogP contribution in [0.1, 0.15) is 11.1 Å². The first kappa shape index (κ1) is 19.5. The quantitative estimate of drug-likeness (QED) is 0.576. The second kappa shape index (κ2) is 9.57. The van der Waals surface area contributed by atoms with Gasteiger partial charge in [-0.1, -0.05) is 36.4 Å². The second-order valence-electron chi connectivity index (χ2n) is 5.10. The summed E-state index contributed by atoms with van der Waals surface area (Å²) in [5.41, 5.74) is 1.61. The van der Waals surface area contributed by atoms with Crippen molar-refractivity contribution in [1.82, 2.24) is 5.32 Å². The fourth-order valence-electron chi connectivity index (χ4n) is 2.24. The maximum absolute atomic E-state index is 11.3. The molecule has 0 amide bonds. The third-order valence-electron chi connectivity index (χ3n) is 3.43. The molecule has 0 radical (unpaired) electrons. The second-order valence-corrected chi connectivity index (χ2v) is 5.10. The fourth-order valence-corrected chi connectivity index (χ4v) is 2.24. The minimum absolute atomic E-state index is 0. The summed E-state index contributed by atoms with van der Waals surface area (Å²) < 4.78 is 0. The Labute approximate surface area is 157 Å².